The molecule has 0 heterocycles. The van der Waals surface area contributed by atoms with Crippen LogP contribution in [-0.2, 0) is 16.2 Å². The summed E-state index contributed by atoms with van der Waals surface area (Å²) in [5.41, 5.74) is 2.49. The van der Waals surface area contributed by atoms with Gasteiger partial charge in [0.25, 0.3) is 5.91 Å². The predicted octanol–water partition coefficient (Wildman–Crippen LogP) is 2.35. The second-order valence-electron chi connectivity index (χ2n) is 5.47. The van der Waals surface area contributed by atoms with Crippen LogP contribution >= 0.6 is 0 Å². The van der Waals surface area contributed by atoms with Crippen molar-refractivity contribution < 1.29 is 19.5 Å². The molecular formula is C18H19N3O4. The SMILES string of the molecule is CC(=O)Nc1ccc(C(=O)Nc2cc(CO)cc(NC(C)=O)c2)cc1. The van der Waals surface area contributed by atoms with Crippen molar-refractivity contribution in [3.63, 3.8) is 0 Å². The number of rotatable bonds is 5. The zero-order valence-electron chi connectivity index (χ0n) is 13.9. The first-order valence-electron chi connectivity index (χ1n) is 7.59. The van der Waals surface area contributed by atoms with E-state index in [1.165, 1.54) is 13.8 Å². The highest BCUT2D eigenvalue weighted by Crippen LogP contribution is 2.20. The van der Waals surface area contributed by atoms with Crippen molar-refractivity contribution in [3.8, 4) is 0 Å². The molecule has 0 aliphatic carbocycles. The van der Waals surface area contributed by atoms with Crippen molar-refractivity contribution in [2.24, 2.45) is 0 Å². The lowest BCUT2D eigenvalue weighted by Crippen LogP contribution is -2.13. The third-order valence-electron chi connectivity index (χ3n) is 3.22. The van der Waals surface area contributed by atoms with Crippen molar-refractivity contribution in [1.82, 2.24) is 0 Å². The topological polar surface area (TPSA) is 108 Å². The Bertz CT molecular complexity index is 800. The van der Waals surface area contributed by atoms with E-state index >= 15 is 0 Å². The molecule has 0 radical (unpaired) electrons. The zero-order valence-corrected chi connectivity index (χ0v) is 13.9. The van der Waals surface area contributed by atoms with Crippen LogP contribution in [-0.4, -0.2) is 22.8 Å². The van der Waals surface area contributed by atoms with E-state index in [1.54, 1.807) is 42.5 Å². The molecule has 25 heavy (non-hydrogen) atoms. The van der Waals surface area contributed by atoms with Crippen LogP contribution in [0.25, 0.3) is 0 Å². The van der Waals surface area contributed by atoms with Crippen molar-refractivity contribution in [2.45, 2.75) is 20.5 Å². The van der Waals surface area contributed by atoms with Gasteiger partial charge in [-0.25, -0.2) is 0 Å². The molecule has 0 fully saturated rings. The number of nitrogens with one attached hydrogen (secondary N) is 3. The van der Waals surface area contributed by atoms with Crippen LogP contribution in [0.1, 0.15) is 29.8 Å². The molecule has 0 unspecified atom stereocenters. The van der Waals surface area contributed by atoms with Gasteiger partial charge in [0.2, 0.25) is 11.8 Å². The van der Waals surface area contributed by atoms with Crippen LogP contribution in [0.15, 0.2) is 42.5 Å². The molecule has 2 aromatic rings. The highest BCUT2D eigenvalue weighted by Gasteiger charge is 2.09. The Morgan fingerprint density at radius 3 is 1.84 bits per heavy atom. The second-order valence-corrected chi connectivity index (χ2v) is 5.47. The highest BCUT2D eigenvalue weighted by molar-refractivity contribution is 6.05. The Morgan fingerprint density at radius 1 is 0.800 bits per heavy atom. The summed E-state index contributed by atoms with van der Waals surface area (Å²) < 4.78 is 0. The number of hydrogen-bond donors (Lipinski definition) is 4. The Morgan fingerprint density at radius 2 is 1.32 bits per heavy atom. The number of anilines is 3. The van der Waals surface area contributed by atoms with E-state index in [1.807, 2.05) is 0 Å². The van der Waals surface area contributed by atoms with Crippen LogP contribution < -0.4 is 16.0 Å². The third kappa shape index (κ3) is 5.43. The van der Waals surface area contributed by atoms with Gasteiger partial charge in [-0.3, -0.25) is 14.4 Å². The van der Waals surface area contributed by atoms with Gasteiger partial charge < -0.3 is 21.1 Å². The monoisotopic (exact) mass is 341 g/mol. The lowest BCUT2D eigenvalue weighted by atomic mass is 10.1. The molecule has 0 saturated heterocycles. The molecule has 2 rings (SSSR count). The number of carbonyl (C=O) groups excluding carboxylic acids is 3. The summed E-state index contributed by atoms with van der Waals surface area (Å²) in [7, 11) is 0. The van der Waals surface area contributed by atoms with E-state index in [2.05, 4.69) is 16.0 Å². The van der Waals surface area contributed by atoms with E-state index < -0.39 is 0 Å². The van der Waals surface area contributed by atoms with Gasteiger partial charge in [-0.05, 0) is 48.0 Å². The largest absolute Gasteiger partial charge is 0.392 e. The number of benzene rings is 2. The molecule has 0 atom stereocenters. The molecule has 4 N–H and O–H groups in total. The lowest BCUT2D eigenvalue weighted by Gasteiger charge is -2.11. The average Bonchev–Trinajstić information content (AvgIpc) is 2.54. The maximum Gasteiger partial charge on any atom is 0.255 e. The van der Waals surface area contributed by atoms with Crippen molar-refractivity contribution in [1.29, 1.82) is 0 Å². The lowest BCUT2D eigenvalue weighted by molar-refractivity contribution is -0.115. The van der Waals surface area contributed by atoms with E-state index in [-0.39, 0.29) is 24.3 Å². The predicted molar refractivity (Wildman–Crippen MR) is 95.4 cm³/mol. The Balaban J connectivity index is 2.16. The zero-order chi connectivity index (χ0) is 18.4. The molecule has 0 aliphatic rings. The summed E-state index contributed by atoms with van der Waals surface area (Å²) >= 11 is 0. The molecule has 0 bridgehead atoms. The van der Waals surface area contributed by atoms with Gasteiger partial charge >= 0.3 is 0 Å². The quantitative estimate of drug-likeness (QED) is 0.669. The molecular weight excluding hydrogens is 322 g/mol. The fraction of sp³-hybridized carbons (Fsp3) is 0.167. The maximum absolute atomic E-state index is 12.3. The first-order valence-corrected chi connectivity index (χ1v) is 7.59. The number of hydrogen-bond acceptors (Lipinski definition) is 4. The Labute approximate surface area is 145 Å². The van der Waals surface area contributed by atoms with E-state index in [0.717, 1.165) is 0 Å². The van der Waals surface area contributed by atoms with Gasteiger partial charge in [0.15, 0.2) is 0 Å². The fourth-order valence-corrected chi connectivity index (χ4v) is 2.24. The van der Waals surface area contributed by atoms with Gasteiger partial charge in [0.05, 0.1) is 6.61 Å². The first kappa shape index (κ1) is 18.2. The van der Waals surface area contributed by atoms with Gasteiger partial charge in [0, 0.05) is 36.5 Å². The molecule has 7 heteroatoms. The van der Waals surface area contributed by atoms with Crippen molar-refractivity contribution >= 4 is 34.8 Å². The van der Waals surface area contributed by atoms with Gasteiger partial charge in [-0.2, -0.15) is 0 Å². The highest BCUT2D eigenvalue weighted by atomic mass is 16.3. The minimum absolute atomic E-state index is 0.191. The summed E-state index contributed by atoms with van der Waals surface area (Å²) in [5.74, 6) is -0.789. The Hall–Kier alpha value is -3.19. The van der Waals surface area contributed by atoms with E-state index in [9.17, 15) is 19.5 Å². The minimum Gasteiger partial charge on any atom is -0.392 e. The first-order chi connectivity index (χ1) is 11.9. The molecule has 7 nitrogen and oxygen atoms in total. The molecule has 0 saturated carbocycles. The number of aliphatic hydroxyl groups is 1. The molecule has 0 aromatic heterocycles. The molecule has 3 amide bonds. The van der Waals surface area contributed by atoms with Gasteiger partial charge in [-0.1, -0.05) is 0 Å². The van der Waals surface area contributed by atoms with Crippen molar-refractivity contribution in [3.05, 3.63) is 53.6 Å². The average molecular weight is 341 g/mol. The molecule has 130 valence electrons. The maximum atomic E-state index is 12.3. The number of carbonyl (C=O) groups is 3. The summed E-state index contributed by atoms with van der Waals surface area (Å²) in [5, 5.41) is 17.3. The second kappa shape index (κ2) is 8.07. The smallest absolute Gasteiger partial charge is 0.255 e. The normalized spacial score (nSPS) is 10.0. The van der Waals surface area contributed by atoms with Crippen LogP contribution in [0.3, 0.4) is 0 Å². The Kier molecular flexibility index (Phi) is 5.86. The van der Waals surface area contributed by atoms with Gasteiger partial charge in [0.1, 0.15) is 0 Å². The minimum atomic E-state index is -0.349. The van der Waals surface area contributed by atoms with Crippen LogP contribution in [0.2, 0.25) is 0 Å². The standard InChI is InChI=1S/C18H19N3O4/c1-11(23)19-15-5-3-14(4-6-15)18(25)21-17-8-13(10-22)7-16(9-17)20-12(2)24/h3-9,22H,10H2,1-2H3,(H,19,23)(H,20,24)(H,21,25). The fourth-order valence-electron chi connectivity index (χ4n) is 2.24. The third-order valence-corrected chi connectivity index (χ3v) is 3.22. The van der Waals surface area contributed by atoms with E-state index in [0.29, 0.717) is 28.2 Å². The van der Waals surface area contributed by atoms with Crippen LogP contribution in [0.5, 0.6) is 0 Å². The number of aliphatic hydroxyl groups excluding tert-OH is 1. The summed E-state index contributed by atoms with van der Waals surface area (Å²) in [6, 6.07) is 11.3. The van der Waals surface area contributed by atoms with E-state index in [4.69, 9.17) is 0 Å². The van der Waals surface area contributed by atoms with Crippen LogP contribution in [0.4, 0.5) is 17.1 Å². The summed E-state index contributed by atoms with van der Waals surface area (Å²) in [6.45, 7) is 2.56. The summed E-state index contributed by atoms with van der Waals surface area (Å²) in [6.07, 6.45) is 0. The summed E-state index contributed by atoms with van der Waals surface area (Å²) in [4.78, 5) is 34.5. The molecule has 2 aromatic carbocycles. The molecule has 0 aliphatic heterocycles. The number of amides is 3. The van der Waals surface area contributed by atoms with Gasteiger partial charge in [-0.15, -0.1) is 0 Å². The molecule has 0 spiro atoms. The van der Waals surface area contributed by atoms with Crippen molar-refractivity contribution in [2.75, 3.05) is 16.0 Å². The van der Waals surface area contributed by atoms with Crippen LogP contribution in [0, 0.1) is 0 Å².